The van der Waals surface area contributed by atoms with Crippen LogP contribution in [0.2, 0.25) is 0 Å². The number of aliphatic hydroxyl groups is 1. The second-order valence-corrected chi connectivity index (χ2v) is 12.0. The summed E-state index contributed by atoms with van der Waals surface area (Å²) >= 11 is 0. The van der Waals surface area contributed by atoms with E-state index in [-0.39, 0.29) is 29.3 Å². The molecule has 4 aromatic rings. The first kappa shape index (κ1) is 28.1. The van der Waals surface area contributed by atoms with E-state index < -0.39 is 11.7 Å². The van der Waals surface area contributed by atoms with Crippen LogP contribution >= 0.6 is 0 Å². The Kier molecular flexibility index (Phi) is 7.15. The summed E-state index contributed by atoms with van der Waals surface area (Å²) in [5.74, 6) is 0.680. The van der Waals surface area contributed by atoms with Gasteiger partial charge in [0.15, 0.2) is 5.60 Å². The van der Waals surface area contributed by atoms with Gasteiger partial charge in [-0.05, 0) is 41.2 Å². The van der Waals surface area contributed by atoms with Crippen LogP contribution < -0.4 is 9.64 Å². The van der Waals surface area contributed by atoms with E-state index in [9.17, 15) is 9.90 Å². The van der Waals surface area contributed by atoms with Crippen LogP contribution in [0.25, 0.3) is 0 Å². The molecule has 1 aromatic heterocycles. The lowest BCUT2D eigenvalue weighted by molar-refractivity contribution is -0.145. The van der Waals surface area contributed by atoms with Gasteiger partial charge in [-0.3, -0.25) is 9.48 Å². The molecule has 2 aliphatic heterocycles. The lowest BCUT2D eigenvalue weighted by atomic mass is 9.63. The second-order valence-electron chi connectivity index (χ2n) is 12.0. The number of anilines is 1. The fraction of sp³-hybridized carbons (Fsp3) is 0.382. The number of aryl methyl sites for hydroxylation is 1. The number of carbonyl (C=O) groups excluding carboxylic acids is 1. The van der Waals surface area contributed by atoms with Crippen molar-refractivity contribution >= 4 is 11.6 Å². The average Bonchev–Trinajstić information content (AvgIpc) is 3.67. The Morgan fingerprint density at radius 1 is 1.05 bits per heavy atom. The van der Waals surface area contributed by atoms with Crippen LogP contribution in [0, 0.1) is 11.8 Å². The number of aliphatic hydroxyl groups excluding tert-OH is 1. The Hall–Kier alpha value is -4.01. The van der Waals surface area contributed by atoms with E-state index in [0.717, 1.165) is 28.1 Å². The molecule has 3 aromatic carbocycles. The second kappa shape index (κ2) is 10.7. The highest BCUT2D eigenvalue weighted by Gasteiger charge is 2.65. The van der Waals surface area contributed by atoms with E-state index in [2.05, 4.69) is 43.2 Å². The molecule has 0 unspecified atom stereocenters. The molecule has 0 aliphatic carbocycles. The van der Waals surface area contributed by atoms with Gasteiger partial charge in [0.2, 0.25) is 0 Å². The molecule has 3 heterocycles. The van der Waals surface area contributed by atoms with Crippen LogP contribution in [0.1, 0.15) is 55.7 Å². The molecule has 1 amide bonds. The minimum absolute atomic E-state index is 0.00676. The fourth-order valence-electron chi connectivity index (χ4n) is 7.26. The van der Waals surface area contributed by atoms with Crippen molar-refractivity contribution in [2.75, 3.05) is 19.1 Å². The van der Waals surface area contributed by atoms with Crippen molar-refractivity contribution in [2.24, 2.45) is 11.8 Å². The van der Waals surface area contributed by atoms with Crippen LogP contribution in [0.4, 0.5) is 5.69 Å². The van der Waals surface area contributed by atoms with Crippen molar-refractivity contribution in [3.63, 3.8) is 0 Å². The Morgan fingerprint density at radius 2 is 1.74 bits per heavy atom. The zero-order valence-corrected chi connectivity index (χ0v) is 24.8. The highest BCUT2D eigenvalue weighted by molar-refractivity contribution is 6.07. The minimum atomic E-state index is -1.07. The fourth-order valence-corrected chi connectivity index (χ4v) is 7.26. The Labute approximate surface area is 246 Å². The molecule has 1 fully saturated rings. The quantitative estimate of drug-likeness (QED) is 0.313. The maximum atomic E-state index is 14.1. The molecule has 0 radical (unpaired) electrons. The third-order valence-corrected chi connectivity index (χ3v) is 9.47. The molecule has 5 atom stereocenters. The summed E-state index contributed by atoms with van der Waals surface area (Å²) in [6.45, 7) is 7.17. The SMILES string of the molecule is COc1ccc(C(C)(C)[C@@H]2[C@@H](CCn3cc([C@H](O)c4ccccc4)nn3)O[C@]3(C(=O)N(C)c4ccccc43)[C@H]2C)cc1. The largest absolute Gasteiger partial charge is 0.497 e. The number of carbonyl (C=O) groups is 1. The average molecular weight is 567 g/mol. The molecule has 8 heteroatoms. The third-order valence-electron chi connectivity index (χ3n) is 9.47. The maximum absolute atomic E-state index is 14.1. The first-order valence-corrected chi connectivity index (χ1v) is 14.5. The monoisotopic (exact) mass is 566 g/mol. The summed E-state index contributed by atoms with van der Waals surface area (Å²) in [4.78, 5) is 15.8. The molecule has 0 saturated carbocycles. The summed E-state index contributed by atoms with van der Waals surface area (Å²) in [5, 5.41) is 19.4. The lowest BCUT2D eigenvalue weighted by Crippen LogP contribution is -2.45. The van der Waals surface area contributed by atoms with Gasteiger partial charge in [0.05, 0.1) is 25.1 Å². The standard InChI is InChI=1S/C34H38N4O4/c1-22-30(33(2,3)24-15-17-25(41-5)18-16-24)29(42-34(22)26-13-9-10-14-28(26)37(4)32(34)40)19-20-38-21-27(35-36-38)31(39)23-11-7-6-8-12-23/h6-18,21-22,29-31,39H,19-20H2,1-5H3/t22-,29+,30-,31+,34+/m0/s1. The molecule has 6 rings (SSSR count). The Bertz CT molecular complexity index is 1570. The number of aromatic nitrogens is 3. The molecular weight excluding hydrogens is 528 g/mol. The summed E-state index contributed by atoms with van der Waals surface area (Å²) in [6.07, 6.45) is 1.32. The first-order chi connectivity index (χ1) is 20.2. The zero-order valence-electron chi connectivity index (χ0n) is 24.8. The molecule has 0 bridgehead atoms. The molecular formula is C34H38N4O4. The van der Waals surface area contributed by atoms with E-state index in [4.69, 9.17) is 9.47 Å². The number of hydrogen-bond acceptors (Lipinski definition) is 6. The van der Waals surface area contributed by atoms with E-state index in [1.807, 2.05) is 73.8 Å². The van der Waals surface area contributed by atoms with Gasteiger partial charge >= 0.3 is 0 Å². The smallest absolute Gasteiger partial charge is 0.264 e. The summed E-state index contributed by atoms with van der Waals surface area (Å²) in [6, 6.07) is 25.6. The van der Waals surface area contributed by atoms with Crippen molar-refractivity contribution in [3.8, 4) is 5.75 Å². The number of methoxy groups -OCH3 is 1. The summed E-state index contributed by atoms with van der Waals surface area (Å²) in [7, 11) is 3.50. The van der Waals surface area contributed by atoms with Gasteiger partial charge in [0.1, 0.15) is 17.5 Å². The lowest BCUT2D eigenvalue weighted by Gasteiger charge is -2.38. The van der Waals surface area contributed by atoms with Crippen molar-refractivity contribution < 1.29 is 19.4 Å². The normalized spacial score (nSPS) is 24.3. The Morgan fingerprint density at radius 3 is 2.45 bits per heavy atom. The first-order valence-electron chi connectivity index (χ1n) is 14.5. The molecule has 8 nitrogen and oxygen atoms in total. The van der Waals surface area contributed by atoms with Crippen molar-refractivity contribution in [1.29, 1.82) is 0 Å². The zero-order chi connectivity index (χ0) is 29.6. The van der Waals surface area contributed by atoms with Crippen LogP contribution in [-0.4, -0.2) is 46.3 Å². The molecule has 42 heavy (non-hydrogen) atoms. The molecule has 1 saturated heterocycles. The predicted octanol–water partition coefficient (Wildman–Crippen LogP) is 5.26. The predicted molar refractivity (Wildman–Crippen MR) is 160 cm³/mol. The number of likely N-dealkylation sites (N-methyl/N-ethyl adjacent to an activating group) is 1. The minimum Gasteiger partial charge on any atom is -0.497 e. The van der Waals surface area contributed by atoms with Crippen LogP contribution in [0.3, 0.4) is 0 Å². The van der Waals surface area contributed by atoms with Crippen molar-refractivity contribution in [2.45, 2.75) is 57.0 Å². The number of ether oxygens (including phenoxy) is 2. The molecule has 1 spiro atoms. The number of benzene rings is 3. The van der Waals surface area contributed by atoms with E-state index in [1.165, 1.54) is 0 Å². The van der Waals surface area contributed by atoms with Gasteiger partial charge in [-0.2, -0.15) is 0 Å². The van der Waals surface area contributed by atoms with Gasteiger partial charge in [-0.15, -0.1) is 5.10 Å². The highest BCUT2D eigenvalue weighted by atomic mass is 16.5. The van der Waals surface area contributed by atoms with Gasteiger partial charge < -0.3 is 19.5 Å². The van der Waals surface area contributed by atoms with Crippen LogP contribution in [-0.2, 0) is 27.1 Å². The highest BCUT2D eigenvalue weighted by Crippen LogP contribution is 2.59. The van der Waals surface area contributed by atoms with Gasteiger partial charge in [0, 0.05) is 31.0 Å². The van der Waals surface area contributed by atoms with Crippen LogP contribution in [0.5, 0.6) is 5.75 Å². The molecule has 1 N–H and O–H groups in total. The number of hydrogen-bond donors (Lipinski definition) is 1. The third kappa shape index (κ3) is 4.41. The number of amides is 1. The number of fused-ring (bicyclic) bond motifs is 2. The van der Waals surface area contributed by atoms with Crippen molar-refractivity contribution in [1.82, 2.24) is 15.0 Å². The number of rotatable bonds is 8. The summed E-state index contributed by atoms with van der Waals surface area (Å²) in [5.41, 5.74) is 2.85. The van der Waals surface area contributed by atoms with Gasteiger partial charge in [-0.25, -0.2) is 0 Å². The number of nitrogens with zero attached hydrogens (tertiary/aromatic N) is 4. The van der Waals surface area contributed by atoms with Gasteiger partial charge in [0.25, 0.3) is 5.91 Å². The molecule has 218 valence electrons. The van der Waals surface area contributed by atoms with Gasteiger partial charge in [-0.1, -0.05) is 86.6 Å². The van der Waals surface area contributed by atoms with Crippen LogP contribution in [0.15, 0.2) is 85.1 Å². The Balaban J connectivity index is 1.33. The van der Waals surface area contributed by atoms with Crippen molar-refractivity contribution in [3.05, 3.63) is 107 Å². The summed E-state index contributed by atoms with van der Waals surface area (Å²) < 4.78 is 14.2. The van der Waals surface area contributed by atoms with E-state index in [1.54, 1.807) is 22.9 Å². The topological polar surface area (TPSA) is 89.7 Å². The number of para-hydroxylation sites is 1. The maximum Gasteiger partial charge on any atom is 0.264 e. The van der Waals surface area contributed by atoms with E-state index >= 15 is 0 Å². The molecule has 2 aliphatic rings. The van der Waals surface area contributed by atoms with E-state index in [0.29, 0.717) is 18.7 Å².